The third-order valence-electron chi connectivity index (χ3n) is 10.0. The normalized spacial score (nSPS) is 17.2. The molecular weight excluding hydrogens is 695 g/mol. The van der Waals surface area contributed by atoms with Crippen molar-refractivity contribution in [2.24, 2.45) is 5.92 Å². The molecule has 2 aliphatic rings. The van der Waals surface area contributed by atoms with Gasteiger partial charge >= 0.3 is 18.2 Å². The second-order valence-electron chi connectivity index (χ2n) is 15.4. The predicted octanol–water partition coefficient (Wildman–Crippen LogP) is 8.64. The van der Waals surface area contributed by atoms with E-state index < -0.39 is 29.8 Å². The van der Waals surface area contributed by atoms with E-state index in [0.29, 0.717) is 41.3 Å². The number of hydrogen-bond donors (Lipinski definition) is 2. The smallest absolute Gasteiger partial charge is 0.417 e. The van der Waals surface area contributed by atoms with Gasteiger partial charge in [-0.15, -0.1) is 0 Å². The SMILES string of the molecule is CCCN1CCC[C@@H]2Cc3c(ccc(OCc4ccccc4)c3OC(=O)Nc3cccc(C[C@H](NC(=O)OC(C)(C)C)C(=O)OCc4ccccc4)c3)C[C@H]21. The van der Waals surface area contributed by atoms with Gasteiger partial charge in [0.15, 0.2) is 11.5 Å². The number of piperidine rings is 1. The fourth-order valence-electron chi connectivity index (χ4n) is 7.54. The summed E-state index contributed by atoms with van der Waals surface area (Å²) in [6, 6.07) is 29.8. The van der Waals surface area contributed by atoms with Gasteiger partial charge in [0.25, 0.3) is 0 Å². The van der Waals surface area contributed by atoms with Crippen molar-refractivity contribution >= 4 is 23.8 Å². The summed E-state index contributed by atoms with van der Waals surface area (Å²) >= 11 is 0. The lowest BCUT2D eigenvalue weighted by molar-refractivity contribution is -0.147. The number of fused-ring (bicyclic) bond motifs is 2. The summed E-state index contributed by atoms with van der Waals surface area (Å²) in [6.07, 6.45) is 3.85. The number of ether oxygens (including phenoxy) is 4. The molecule has 0 aromatic heterocycles. The van der Waals surface area contributed by atoms with Gasteiger partial charge in [-0.3, -0.25) is 10.2 Å². The third-order valence-corrected chi connectivity index (χ3v) is 10.0. The first-order valence-electron chi connectivity index (χ1n) is 19.4. The van der Waals surface area contributed by atoms with Crippen molar-refractivity contribution in [2.75, 3.05) is 18.4 Å². The highest BCUT2D eigenvalue weighted by atomic mass is 16.6. The highest BCUT2D eigenvalue weighted by Crippen LogP contribution is 2.43. The minimum atomic E-state index is -1.04. The number of hydrogen-bond acceptors (Lipinski definition) is 8. The van der Waals surface area contributed by atoms with Crippen LogP contribution in [0.2, 0.25) is 0 Å². The van der Waals surface area contributed by atoms with E-state index in [1.165, 1.54) is 5.56 Å². The van der Waals surface area contributed by atoms with Gasteiger partial charge in [-0.05, 0) is 112 Å². The summed E-state index contributed by atoms with van der Waals surface area (Å²) in [6.45, 7) is 10.1. The molecule has 10 nitrogen and oxygen atoms in total. The molecule has 2 amide bonds. The van der Waals surface area contributed by atoms with E-state index in [1.807, 2.05) is 72.8 Å². The number of carbonyl (C=O) groups is 3. The highest BCUT2D eigenvalue weighted by Gasteiger charge is 2.37. The number of amides is 2. The van der Waals surface area contributed by atoms with Crippen LogP contribution in [0.1, 0.15) is 74.8 Å². The molecule has 55 heavy (non-hydrogen) atoms. The number of esters is 1. The van der Waals surface area contributed by atoms with E-state index in [9.17, 15) is 14.4 Å². The first kappa shape index (κ1) is 39.3. The molecular formula is C45H53N3O7. The van der Waals surface area contributed by atoms with E-state index in [-0.39, 0.29) is 13.0 Å². The van der Waals surface area contributed by atoms with Crippen LogP contribution in [0.5, 0.6) is 11.5 Å². The van der Waals surface area contributed by atoms with Crippen molar-refractivity contribution in [3.8, 4) is 11.5 Å². The molecule has 0 saturated carbocycles. The number of nitrogens with zero attached hydrogens (tertiary/aromatic N) is 1. The van der Waals surface area contributed by atoms with E-state index >= 15 is 0 Å². The predicted molar refractivity (Wildman–Crippen MR) is 212 cm³/mol. The van der Waals surface area contributed by atoms with Gasteiger partial charge in [0.1, 0.15) is 24.9 Å². The van der Waals surface area contributed by atoms with Crippen molar-refractivity contribution in [3.05, 3.63) is 125 Å². The monoisotopic (exact) mass is 747 g/mol. The molecule has 10 heteroatoms. The molecule has 1 fully saturated rings. The highest BCUT2D eigenvalue weighted by molar-refractivity contribution is 5.87. The van der Waals surface area contributed by atoms with Gasteiger partial charge in [-0.2, -0.15) is 0 Å². The number of alkyl carbamates (subject to hydrolysis) is 1. The molecule has 1 aliphatic carbocycles. The van der Waals surface area contributed by atoms with Crippen LogP contribution in [0.3, 0.4) is 0 Å². The minimum Gasteiger partial charge on any atom is -0.485 e. The minimum absolute atomic E-state index is 0.0538. The molecule has 1 aliphatic heterocycles. The summed E-state index contributed by atoms with van der Waals surface area (Å²) in [5, 5.41) is 5.56. The molecule has 1 saturated heterocycles. The van der Waals surface area contributed by atoms with Gasteiger partial charge in [0.2, 0.25) is 0 Å². The lowest BCUT2D eigenvalue weighted by Crippen LogP contribution is -2.49. The van der Waals surface area contributed by atoms with Gasteiger partial charge in [0.05, 0.1) is 0 Å². The Kier molecular flexibility index (Phi) is 13.1. The fraction of sp³-hybridized carbons (Fsp3) is 0.400. The number of carbonyl (C=O) groups excluding carboxylic acids is 3. The molecule has 290 valence electrons. The second-order valence-corrected chi connectivity index (χ2v) is 15.4. The number of rotatable bonds is 13. The van der Waals surface area contributed by atoms with Gasteiger partial charge in [-0.25, -0.2) is 14.4 Å². The number of anilines is 1. The maximum absolute atomic E-state index is 13.7. The summed E-state index contributed by atoms with van der Waals surface area (Å²) in [5.74, 6) is 0.843. The molecule has 2 N–H and O–H groups in total. The molecule has 0 bridgehead atoms. The number of likely N-dealkylation sites (tertiary alicyclic amines) is 1. The van der Waals surface area contributed by atoms with Crippen LogP contribution in [0, 0.1) is 5.92 Å². The van der Waals surface area contributed by atoms with Crippen LogP contribution in [0.4, 0.5) is 15.3 Å². The van der Waals surface area contributed by atoms with Crippen molar-refractivity contribution in [3.63, 3.8) is 0 Å². The van der Waals surface area contributed by atoms with E-state index in [0.717, 1.165) is 61.9 Å². The van der Waals surface area contributed by atoms with Crippen LogP contribution in [0.15, 0.2) is 97.1 Å². The molecule has 0 radical (unpaired) electrons. The molecule has 6 rings (SSSR count). The van der Waals surface area contributed by atoms with E-state index in [1.54, 1.807) is 39.0 Å². The van der Waals surface area contributed by atoms with Crippen LogP contribution >= 0.6 is 0 Å². The molecule has 0 unspecified atom stereocenters. The van der Waals surface area contributed by atoms with Crippen LogP contribution < -0.4 is 20.1 Å². The standard InChI is InChI=1S/C45H53N3O7/c1-5-23-48-24-13-19-35-27-37-34(28-39(35)48)21-22-40(52-29-31-14-8-6-9-15-31)41(37)54-43(50)46-36-20-12-18-33(25-36)26-38(47-44(51)55-45(2,3)4)42(49)53-30-32-16-10-7-11-17-32/h6-12,14-18,20-22,25,35,38-39H,5,13,19,23-24,26-30H2,1-4H3,(H,46,50)(H,47,51)/t35-,38+,39-/m1/s1. The second kappa shape index (κ2) is 18.3. The molecule has 1 heterocycles. The quantitative estimate of drug-likeness (QED) is 0.131. The average Bonchev–Trinajstić information content (AvgIpc) is 3.16. The summed E-state index contributed by atoms with van der Waals surface area (Å²) < 4.78 is 23.6. The summed E-state index contributed by atoms with van der Waals surface area (Å²) in [5.41, 5.74) is 4.43. The maximum atomic E-state index is 13.7. The Morgan fingerprint density at radius 1 is 0.836 bits per heavy atom. The molecule has 4 aromatic rings. The topological polar surface area (TPSA) is 115 Å². The zero-order valence-corrected chi connectivity index (χ0v) is 32.3. The summed E-state index contributed by atoms with van der Waals surface area (Å²) in [7, 11) is 0. The van der Waals surface area contributed by atoms with Crippen molar-refractivity contribution in [1.82, 2.24) is 10.2 Å². The Morgan fingerprint density at radius 3 is 2.25 bits per heavy atom. The average molecular weight is 748 g/mol. The molecule has 3 atom stereocenters. The zero-order chi connectivity index (χ0) is 38.8. The van der Waals surface area contributed by atoms with Gasteiger partial charge in [-0.1, -0.05) is 85.8 Å². The largest absolute Gasteiger partial charge is 0.485 e. The lowest BCUT2D eigenvalue weighted by atomic mass is 9.75. The Morgan fingerprint density at radius 2 is 1.55 bits per heavy atom. The van der Waals surface area contributed by atoms with E-state index in [2.05, 4.69) is 28.5 Å². The fourth-order valence-corrected chi connectivity index (χ4v) is 7.54. The lowest BCUT2D eigenvalue weighted by Gasteiger charge is -2.45. The van der Waals surface area contributed by atoms with E-state index in [4.69, 9.17) is 18.9 Å². The van der Waals surface area contributed by atoms with Crippen LogP contribution in [0.25, 0.3) is 0 Å². The maximum Gasteiger partial charge on any atom is 0.417 e. The zero-order valence-electron chi connectivity index (χ0n) is 32.3. The van der Waals surface area contributed by atoms with Crippen molar-refractivity contribution < 1.29 is 33.3 Å². The first-order valence-corrected chi connectivity index (χ1v) is 19.4. The van der Waals surface area contributed by atoms with Gasteiger partial charge < -0.3 is 24.3 Å². The van der Waals surface area contributed by atoms with Gasteiger partial charge in [0, 0.05) is 23.7 Å². The Bertz CT molecular complexity index is 1910. The number of nitrogens with one attached hydrogen (secondary N) is 2. The Hall–Kier alpha value is -5.35. The Labute approximate surface area is 324 Å². The summed E-state index contributed by atoms with van der Waals surface area (Å²) in [4.78, 5) is 42.4. The molecule has 0 spiro atoms. The third kappa shape index (κ3) is 11.1. The number of benzene rings is 4. The van der Waals surface area contributed by atoms with Crippen LogP contribution in [-0.4, -0.2) is 53.8 Å². The molecule has 4 aromatic carbocycles. The Balaban J connectivity index is 1.19. The van der Waals surface area contributed by atoms with Crippen molar-refractivity contribution in [1.29, 1.82) is 0 Å². The van der Waals surface area contributed by atoms with Crippen molar-refractivity contribution in [2.45, 2.75) is 97.1 Å². The first-order chi connectivity index (χ1) is 26.5. The van der Waals surface area contributed by atoms with Crippen LogP contribution in [-0.2, 0) is 46.7 Å².